The molecule has 0 aromatic heterocycles. The van der Waals surface area contributed by atoms with Crippen molar-refractivity contribution in [2.45, 2.75) is 38.2 Å². The first kappa shape index (κ1) is 15.8. The quantitative estimate of drug-likeness (QED) is 0.766. The van der Waals surface area contributed by atoms with Gasteiger partial charge in [-0.3, -0.25) is 4.79 Å². The maximum atomic E-state index is 12.7. The van der Waals surface area contributed by atoms with E-state index in [2.05, 4.69) is 0 Å². The zero-order valence-electron chi connectivity index (χ0n) is 14.2. The van der Waals surface area contributed by atoms with Crippen LogP contribution in [0.25, 0.3) is 6.08 Å². The van der Waals surface area contributed by atoms with Crippen molar-refractivity contribution in [2.75, 3.05) is 0 Å². The van der Waals surface area contributed by atoms with E-state index in [0.717, 1.165) is 28.0 Å². The van der Waals surface area contributed by atoms with Crippen LogP contribution >= 0.6 is 0 Å². The number of benzene rings is 2. The van der Waals surface area contributed by atoms with Gasteiger partial charge in [-0.15, -0.1) is 0 Å². The number of ketones is 1. The zero-order chi connectivity index (χ0) is 17.8. The fourth-order valence-corrected chi connectivity index (χ4v) is 3.60. The van der Waals surface area contributed by atoms with Crippen molar-refractivity contribution >= 4 is 11.9 Å². The minimum Gasteiger partial charge on any atom is -0.504 e. The van der Waals surface area contributed by atoms with Gasteiger partial charge >= 0.3 is 0 Å². The van der Waals surface area contributed by atoms with Crippen LogP contribution in [0.15, 0.2) is 36.4 Å². The molecular weight excluding hydrogens is 316 g/mol. The Morgan fingerprint density at radius 1 is 1.08 bits per heavy atom. The Balaban J connectivity index is 1.72. The van der Waals surface area contributed by atoms with Crippen LogP contribution in [0.5, 0.6) is 17.2 Å². The van der Waals surface area contributed by atoms with Crippen molar-refractivity contribution < 1.29 is 19.7 Å². The van der Waals surface area contributed by atoms with E-state index < -0.39 is 0 Å². The van der Waals surface area contributed by atoms with Crippen molar-refractivity contribution in [3.05, 3.63) is 58.7 Å². The predicted octanol–water partition coefficient (Wildman–Crippen LogP) is 4.19. The molecule has 0 unspecified atom stereocenters. The van der Waals surface area contributed by atoms with Gasteiger partial charge in [0, 0.05) is 17.5 Å². The minimum absolute atomic E-state index is 0.0170. The average Bonchev–Trinajstić information content (AvgIpc) is 2.55. The molecule has 2 aromatic rings. The number of hydrogen-bond donors (Lipinski definition) is 2. The molecule has 0 fully saturated rings. The van der Waals surface area contributed by atoms with Gasteiger partial charge in [0.2, 0.25) is 0 Å². The fourth-order valence-electron chi connectivity index (χ4n) is 3.60. The van der Waals surface area contributed by atoms with Crippen LogP contribution in [0, 0.1) is 0 Å². The van der Waals surface area contributed by atoms with Crippen molar-refractivity contribution in [3.8, 4) is 17.2 Å². The number of carbonyl (C=O) groups excluding carboxylic acids is 1. The van der Waals surface area contributed by atoms with Gasteiger partial charge in [-0.1, -0.05) is 12.1 Å². The lowest BCUT2D eigenvalue weighted by Crippen LogP contribution is -2.28. The van der Waals surface area contributed by atoms with Crippen LogP contribution in [-0.2, 0) is 6.42 Å². The van der Waals surface area contributed by atoms with Crippen molar-refractivity contribution in [1.29, 1.82) is 0 Å². The van der Waals surface area contributed by atoms with Crippen LogP contribution in [0.2, 0.25) is 0 Å². The number of phenols is 2. The molecule has 2 N–H and O–H groups in total. The highest BCUT2D eigenvalue weighted by Gasteiger charge is 2.30. The van der Waals surface area contributed by atoms with Crippen LogP contribution < -0.4 is 4.74 Å². The number of hydrogen-bond acceptors (Lipinski definition) is 4. The first-order valence-electron chi connectivity index (χ1n) is 8.43. The maximum absolute atomic E-state index is 12.7. The summed E-state index contributed by atoms with van der Waals surface area (Å²) in [6, 6.07) is 8.66. The lowest BCUT2D eigenvalue weighted by Gasteiger charge is -2.30. The summed E-state index contributed by atoms with van der Waals surface area (Å²) in [6.07, 6.45) is 5.10. The molecule has 2 aliphatic rings. The summed E-state index contributed by atoms with van der Waals surface area (Å²) < 4.78 is 6.03. The van der Waals surface area contributed by atoms with Crippen LogP contribution in [0.1, 0.15) is 53.2 Å². The summed E-state index contributed by atoms with van der Waals surface area (Å²) in [5.74, 6) is 0.573. The zero-order valence-corrected chi connectivity index (χ0v) is 14.2. The summed E-state index contributed by atoms with van der Waals surface area (Å²) in [5, 5.41) is 19.2. The molecule has 0 radical (unpaired) electrons. The standard InChI is InChI=1S/C21H20O4/c1-21(2)6-5-13-8-16-15(11-20(13)25-21)7-14(10-18(16)23)12-3-4-17(22)19(24)9-12/h3-6,8-9,11,14,22,24H,7,10H2,1-2H3/t14-/m0/s1. The van der Waals surface area contributed by atoms with Gasteiger partial charge < -0.3 is 14.9 Å². The summed E-state index contributed by atoms with van der Waals surface area (Å²) in [6.45, 7) is 4.00. The van der Waals surface area contributed by atoms with Gasteiger partial charge in [-0.2, -0.15) is 0 Å². The highest BCUT2D eigenvalue weighted by atomic mass is 16.5. The molecule has 128 valence electrons. The van der Waals surface area contributed by atoms with E-state index in [4.69, 9.17) is 4.74 Å². The largest absolute Gasteiger partial charge is 0.504 e. The molecule has 0 saturated heterocycles. The SMILES string of the molecule is CC1(C)C=Cc2cc3c(cc2O1)C[C@H](c1ccc(O)c(O)c1)CC3=O. The van der Waals surface area contributed by atoms with Crippen LogP contribution in [-0.4, -0.2) is 21.6 Å². The monoisotopic (exact) mass is 336 g/mol. The lowest BCUT2D eigenvalue weighted by molar-refractivity contribution is 0.0964. The summed E-state index contributed by atoms with van der Waals surface area (Å²) in [7, 11) is 0. The Hall–Kier alpha value is -2.75. The van der Waals surface area contributed by atoms with Gasteiger partial charge in [-0.05, 0) is 67.7 Å². The Labute approximate surface area is 146 Å². The molecule has 4 nitrogen and oxygen atoms in total. The molecular formula is C21H20O4. The van der Waals surface area contributed by atoms with Gasteiger partial charge in [0.05, 0.1) is 0 Å². The van der Waals surface area contributed by atoms with Gasteiger partial charge in [0.25, 0.3) is 0 Å². The fraction of sp³-hybridized carbons (Fsp3) is 0.286. The lowest BCUT2D eigenvalue weighted by atomic mass is 9.78. The number of fused-ring (bicyclic) bond motifs is 2. The second-order valence-electron chi connectivity index (χ2n) is 7.36. The molecule has 1 atom stereocenters. The van der Waals surface area contributed by atoms with E-state index in [1.165, 1.54) is 6.07 Å². The van der Waals surface area contributed by atoms with Crippen LogP contribution in [0.3, 0.4) is 0 Å². The molecule has 0 amide bonds. The molecule has 4 rings (SSSR count). The highest BCUT2D eigenvalue weighted by molar-refractivity contribution is 6.00. The smallest absolute Gasteiger partial charge is 0.163 e. The van der Waals surface area contributed by atoms with Crippen molar-refractivity contribution in [2.24, 2.45) is 0 Å². The number of phenolic OH excluding ortho intramolecular Hbond substituents is 2. The normalized spacial score (nSPS) is 20.6. The number of rotatable bonds is 1. The molecule has 2 aromatic carbocycles. The Bertz CT molecular complexity index is 908. The van der Waals surface area contributed by atoms with E-state index in [-0.39, 0.29) is 28.8 Å². The second-order valence-corrected chi connectivity index (χ2v) is 7.36. The molecule has 0 saturated carbocycles. The maximum Gasteiger partial charge on any atom is 0.163 e. The predicted molar refractivity (Wildman–Crippen MR) is 95.3 cm³/mol. The van der Waals surface area contributed by atoms with Gasteiger partial charge in [-0.25, -0.2) is 0 Å². The Kier molecular flexibility index (Phi) is 3.39. The molecule has 4 heteroatoms. The van der Waals surface area contributed by atoms with Crippen molar-refractivity contribution in [1.82, 2.24) is 0 Å². The highest BCUT2D eigenvalue weighted by Crippen LogP contribution is 2.40. The number of ether oxygens (including phenoxy) is 1. The molecule has 0 bridgehead atoms. The van der Waals surface area contributed by atoms with Gasteiger partial charge in [0.1, 0.15) is 11.4 Å². The number of carbonyl (C=O) groups is 1. The first-order chi connectivity index (χ1) is 11.8. The molecule has 1 aliphatic carbocycles. The third-order valence-electron chi connectivity index (χ3n) is 4.94. The van der Waals surface area contributed by atoms with Gasteiger partial charge in [0.15, 0.2) is 17.3 Å². The second kappa shape index (κ2) is 5.38. The Morgan fingerprint density at radius 3 is 2.64 bits per heavy atom. The van der Waals surface area contributed by atoms with E-state index in [9.17, 15) is 15.0 Å². The van der Waals surface area contributed by atoms with E-state index in [1.807, 2.05) is 38.1 Å². The summed E-state index contributed by atoms with van der Waals surface area (Å²) >= 11 is 0. The summed E-state index contributed by atoms with van der Waals surface area (Å²) in [4.78, 5) is 12.7. The van der Waals surface area contributed by atoms with E-state index >= 15 is 0 Å². The third-order valence-corrected chi connectivity index (χ3v) is 4.94. The van der Waals surface area contributed by atoms with E-state index in [0.29, 0.717) is 12.8 Å². The topological polar surface area (TPSA) is 66.8 Å². The Morgan fingerprint density at radius 2 is 1.88 bits per heavy atom. The summed E-state index contributed by atoms with van der Waals surface area (Å²) in [5.41, 5.74) is 3.16. The third kappa shape index (κ3) is 2.78. The van der Waals surface area contributed by atoms with E-state index in [1.54, 1.807) is 12.1 Å². The van der Waals surface area contributed by atoms with Crippen molar-refractivity contribution in [3.63, 3.8) is 0 Å². The minimum atomic E-state index is -0.359. The first-order valence-corrected chi connectivity index (χ1v) is 8.43. The molecule has 0 spiro atoms. The number of aromatic hydroxyl groups is 2. The van der Waals surface area contributed by atoms with Crippen LogP contribution in [0.4, 0.5) is 0 Å². The number of Topliss-reactive ketones (excluding diaryl/α,β-unsaturated/α-hetero) is 1. The molecule has 1 heterocycles. The average molecular weight is 336 g/mol. The molecule has 1 aliphatic heterocycles. The molecule has 25 heavy (non-hydrogen) atoms.